The number of unbranched alkanes of at least 4 members (excludes halogenated alkanes) is 8. The van der Waals surface area contributed by atoms with Gasteiger partial charge in [-0.3, -0.25) is 5.41 Å². The molecule has 0 amide bonds. The summed E-state index contributed by atoms with van der Waals surface area (Å²) in [4.78, 5) is 0. The van der Waals surface area contributed by atoms with Crippen LogP contribution in [0.5, 0.6) is 0 Å². The molecule has 0 spiro atoms. The Hall–Kier alpha value is -2.78. The Balaban J connectivity index is 1.22. The fourth-order valence-electron chi connectivity index (χ4n) is 5.78. The van der Waals surface area contributed by atoms with Crippen LogP contribution >= 0.6 is 11.8 Å². The summed E-state index contributed by atoms with van der Waals surface area (Å²) < 4.78 is 0. The Morgan fingerprint density at radius 2 is 1.17 bits per heavy atom. The highest BCUT2D eigenvalue weighted by molar-refractivity contribution is 8.13. The maximum Gasteiger partial charge on any atom is 0.151 e. The summed E-state index contributed by atoms with van der Waals surface area (Å²) in [6.07, 6.45) is 12.9. The van der Waals surface area contributed by atoms with E-state index in [9.17, 15) is 0 Å². The number of hydrogen-bond acceptors (Lipinski definition) is 2. The van der Waals surface area contributed by atoms with Crippen molar-refractivity contribution in [1.82, 2.24) is 0 Å². The average molecular weight is 481 g/mol. The highest BCUT2D eigenvalue weighted by Crippen LogP contribution is 2.41. The Bertz CT molecular complexity index is 1420. The molecule has 2 nitrogen and oxygen atoms in total. The van der Waals surface area contributed by atoms with Crippen molar-refractivity contribution < 1.29 is 0 Å². The van der Waals surface area contributed by atoms with E-state index in [2.05, 4.69) is 66.7 Å². The van der Waals surface area contributed by atoms with Gasteiger partial charge in [-0.05, 0) is 67.9 Å². The van der Waals surface area contributed by atoms with E-state index in [-0.39, 0.29) is 5.17 Å². The second-order valence-corrected chi connectivity index (χ2v) is 11.0. The van der Waals surface area contributed by atoms with Gasteiger partial charge in [0.15, 0.2) is 5.17 Å². The number of nitrogens with one attached hydrogen (secondary N) is 1. The van der Waals surface area contributed by atoms with E-state index in [0.717, 1.165) is 12.2 Å². The van der Waals surface area contributed by atoms with Crippen LogP contribution in [-0.4, -0.2) is 10.9 Å². The summed E-state index contributed by atoms with van der Waals surface area (Å²) in [5.74, 6) is 0.993. The normalized spacial score (nSPS) is 11.9. The molecule has 5 aromatic carbocycles. The Morgan fingerprint density at radius 1 is 0.571 bits per heavy atom. The van der Waals surface area contributed by atoms with Crippen LogP contribution in [-0.2, 0) is 6.42 Å². The molecule has 0 aromatic heterocycles. The molecule has 0 unspecified atom stereocenters. The molecule has 0 aliphatic carbocycles. The Morgan fingerprint density at radius 3 is 1.86 bits per heavy atom. The number of hydrogen-bond donors (Lipinski definition) is 2. The lowest BCUT2D eigenvalue weighted by atomic mass is 9.86. The third-order valence-electron chi connectivity index (χ3n) is 7.47. The van der Waals surface area contributed by atoms with E-state index in [1.165, 1.54) is 118 Å². The van der Waals surface area contributed by atoms with Gasteiger partial charge in [0.1, 0.15) is 0 Å². The molecule has 5 aromatic rings. The van der Waals surface area contributed by atoms with Gasteiger partial charge in [0.05, 0.1) is 0 Å². The first-order valence-corrected chi connectivity index (χ1v) is 14.3. The molecule has 3 N–H and O–H groups in total. The summed E-state index contributed by atoms with van der Waals surface area (Å²) in [6.45, 7) is 0. The lowest BCUT2D eigenvalue weighted by molar-refractivity contribution is 0.566. The van der Waals surface area contributed by atoms with Gasteiger partial charge < -0.3 is 5.73 Å². The molecule has 5 rings (SSSR count). The topological polar surface area (TPSA) is 49.9 Å². The molecule has 35 heavy (non-hydrogen) atoms. The highest BCUT2D eigenvalue weighted by Gasteiger charge is 2.15. The summed E-state index contributed by atoms with van der Waals surface area (Å²) in [7, 11) is 0. The molecule has 3 heteroatoms. The second kappa shape index (κ2) is 11.3. The van der Waals surface area contributed by atoms with Crippen LogP contribution in [0.1, 0.15) is 63.4 Å². The van der Waals surface area contributed by atoms with Crippen molar-refractivity contribution in [2.75, 3.05) is 5.75 Å². The maximum atomic E-state index is 7.25. The lowest BCUT2D eigenvalue weighted by Crippen LogP contribution is -2.04. The van der Waals surface area contributed by atoms with Gasteiger partial charge in [0.2, 0.25) is 0 Å². The molecule has 0 saturated heterocycles. The quantitative estimate of drug-likeness (QED) is 0.0614. The monoisotopic (exact) mass is 480 g/mol. The van der Waals surface area contributed by atoms with Crippen LogP contribution in [0, 0.1) is 5.41 Å². The smallest absolute Gasteiger partial charge is 0.151 e. The van der Waals surface area contributed by atoms with Crippen molar-refractivity contribution in [2.24, 2.45) is 5.73 Å². The number of aryl methyl sites for hydroxylation is 1. The van der Waals surface area contributed by atoms with Crippen LogP contribution < -0.4 is 5.73 Å². The van der Waals surface area contributed by atoms with Gasteiger partial charge in [0, 0.05) is 5.75 Å². The third kappa shape index (κ3) is 5.26. The minimum Gasteiger partial charge on any atom is -0.379 e. The van der Waals surface area contributed by atoms with Gasteiger partial charge in [0.25, 0.3) is 0 Å². The van der Waals surface area contributed by atoms with E-state index in [1.54, 1.807) is 0 Å². The maximum absolute atomic E-state index is 7.25. The molecular formula is C32H36N2S. The zero-order chi connectivity index (χ0) is 24.0. The minimum absolute atomic E-state index is 0.250. The van der Waals surface area contributed by atoms with Crippen molar-refractivity contribution in [3.63, 3.8) is 0 Å². The molecule has 180 valence electrons. The standard InChI is InChI=1S/C32H36N2S/c33-32(34)35-22-11-7-5-3-1-2-4-6-8-15-26-25-16-9-10-17-27(25)29-21-19-24-14-12-13-23-18-20-28(26)31(29)30(23)24/h9-10,12-14,16-21H,1-8,11,15,22H2,(H3,33,34). The zero-order valence-electron chi connectivity index (χ0n) is 20.6. The average Bonchev–Trinajstić information content (AvgIpc) is 2.88. The first kappa shape index (κ1) is 23.9. The lowest BCUT2D eigenvalue weighted by Gasteiger charge is -2.17. The van der Waals surface area contributed by atoms with Crippen LogP contribution in [0.3, 0.4) is 0 Å². The van der Waals surface area contributed by atoms with Gasteiger partial charge in [-0.25, -0.2) is 0 Å². The third-order valence-corrected chi connectivity index (χ3v) is 8.28. The van der Waals surface area contributed by atoms with Crippen LogP contribution in [0.25, 0.3) is 43.1 Å². The SMILES string of the molecule is N=C(N)SCCCCCCCCCCCc1c2ccccc2c2ccc3cccc4ccc1c2c43. The molecule has 0 heterocycles. The summed E-state index contributed by atoms with van der Waals surface area (Å²) in [5.41, 5.74) is 6.92. The second-order valence-electron chi connectivity index (χ2n) is 9.85. The summed E-state index contributed by atoms with van der Waals surface area (Å²) in [5, 5.41) is 18.7. The molecule has 0 radical (unpaired) electrons. The molecule has 0 fully saturated rings. The van der Waals surface area contributed by atoms with Crippen molar-refractivity contribution in [3.05, 3.63) is 72.3 Å². The van der Waals surface area contributed by atoms with E-state index < -0.39 is 0 Å². The fraction of sp³-hybridized carbons (Fsp3) is 0.344. The van der Waals surface area contributed by atoms with Crippen molar-refractivity contribution in [1.29, 1.82) is 5.41 Å². The fourth-order valence-corrected chi connectivity index (χ4v) is 6.35. The van der Waals surface area contributed by atoms with Crippen LogP contribution in [0.15, 0.2) is 66.7 Å². The van der Waals surface area contributed by atoms with E-state index in [4.69, 9.17) is 11.1 Å². The van der Waals surface area contributed by atoms with Gasteiger partial charge >= 0.3 is 0 Å². The molecule has 0 atom stereocenters. The van der Waals surface area contributed by atoms with Crippen molar-refractivity contribution in [2.45, 2.75) is 64.2 Å². The largest absolute Gasteiger partial charge is 0.379 e. The van der Waals surface area contributed by atoms with Crippen LogP contribution in [0.4, 0.5) is 0 Å². The number of thioether (sulfide) groups is 1. The van der Waals surface area contributed by atoms with Crippen molar-refractivity contribution >= 4 is 60.0 Å². The molecule has 0 saturated carbocycles. The molecular weight excluding hydrogens is 444 g/mol. The van der Waals surface area contributed by atoms with Gasteiger partial charge in [-0.15, -0.1) is 0 Å². The van der Waals surface area contributed by atoms with E-state index in [1.807, 2.05) is 0 Å². The van der Waals surface area contributed by atoms with Crippen LogP contribution in [0.2, 0.25) is 0 Å². The van der Waals surface area contributed by atoms with E-state index >= 15 is 0 Å². The minimum atomic E-state index is 0.250. The zero-order valence-corrected chi connectivity index (χ0v) is 21.4. The van der Waals surface area contributed by atoms with Gasteiger partial charge in [-0.1, -0.05) is 123 Å². The number of nitrogens with two attached hydrogens (primary N) is 1. The van der Waals surface area contributed by atoms with Gasteiger partial charge in [-0.2, -0.15) is 0 Å². The van der Waals surface area contributed by atoms with E-state index in [0.29, 0.717) is 0 Å². The predicted molar refractivity (Wildman–Crippen MR) is 157 cm³/mol. The molecule has 0 bridgehead atoms. The van der Waals surface area contributed by atoms with Crippen molar-refractivity contribution in [3.8, 4) is 0 Å². The number of benzene rings is 5. The number of amidine groups is 1. The first-order chi connectivity index (χ1) is 17.2. The molecule has 0 aliphatic heterocycles. The Labute approximate surface area is 213 Å². The summed E-state index contributed by atoms with van der Waals surface area (Å²) in [6, 6.07) is 25.0. The first-order valence-electron chi connectivity index (χ1n) is 13.3. The number of fused-ring (bicyclic) bond motifs is 2. The predicted octanol–water partition coefficient (Wildman–Crippen LogP) is 9.42. The highest BCUT2D eigenvalue weighted by atomic mass is 32.2. The Kier molecular flexibility index (Phi) is 7.73. The number of rotatable bonds is 12. The molecule has 0 aliphatic rings. The summed E-state index contributed by atoms with van der Waals surface area (Å²) >= 11 is 1.47.